The molecule has 2 N–H and O–H groups in total. The van der Waals surface area contributed by atoms with Crippen molar-refractivity contribution in [1.29, 1.82) is 0 Å². The minimum Gasteiger partial charge on any atom is -0.454 e. The van der Waals surface area contributed by atoms with Crippen molar-refractivity contribution in [1.82, 2.24) is 10.6 Å². The molecule has 0 bridgehead atoms. The summed E-state index contributed by atoms with van der Waals surface area (Å²) in [5.74, 6) is 1.56. The van der Waals surface area contributed by atoms with Gasteiger partial charge in [-0.15, -0.1) is 0 Å². The Kier molecular flexibility index (Phi) is 4.64. The second-order valence-electron chi connectivity index (χ2n) is 7.11. The Morgan fingerprint density at radius 2 is 1.91 bits per heavy atom. The van der Waals surface area contributed by atoms with Crippen molar-refractivity contribution in [2.45, 2.75) is 57.4 Å². The molecule has 0 saturated heterocycles. The van der Waals surface area contributed by atoms with Crippen LogP contribution in [-0.2, 0) is 5.41 Å². The first-order valence-corrected chi connectivity index (χ1v) is 8.49. The summed E-state index contributed by atoms with van der Waals surface area (Å²) in [4.78, 5) is 12.1. The fraction of sp³-hybridized carbons (Fsp3) is 0.611. The van der Waals surface area contributed by atoms with Gasteiger partial charge in [0.1, 0.15) is 0 Å². The van der Waals surface area contributed by atoms with Gasteiger partial charge in [-0.3, -0.25) is 0 Å². The van der Waals surface area contributed by atoms with E-state index in [0.717, 1.165) is 29.9 Å². The molecule has 23 heavy (non-hydrogen) atoms. The Hall–Kier alpha value is -1.91. The topological polar surface area (TPSA) is 59.6 Å². The van der Waals surface area contributed by atoms with Crippen LogP contribution in [0, 0.1) is 0 Å². The molecule has 2 aliphatic rings. The lowest BCUT2D eigenvalue weighted by Crippen LogP contribution is -2.46. The van der Waals surface area contributed by atoms with E-state index in [1.807, 2.05) is 18.2 Å². The molecule has 1 aliphatic carbocycles. The lowest BCUT2D eigenvalue weighted by molar-refractivity contribution is 0.174. The van der Waals surface area contributed by atoms with E-state index in [1.54, 1.807) is 0 Å². The van der Waals surface area contributed by atoms with Gasteiger partial charge >= 0.3 is 6.03 Å². The van der Waals surface area contributed by atoms with E-state index in [1.165, 1.54) is 19.3 Å². The quantitative estimate of drug-likeness (QED) is 0.895. The lowest BCUT2D eigenvalue weighted by atomic mass is 9.84. The maximum Gasteiger partial charge on any atom is 0.315 e. The molecule has 1 saturated carbocycles. The molecule has 5 nitrogen and oxygen atoms in total. The molecule has 3 rings (SSSR count). The van der Waals surface area contributed by atoms with Gasteiger partial charge in [-0.2, -0.15) is 0 Å². The summed E-state index contributed by atoms with van der Waals surface area (Å²) in [6.45, 7) is 5.09. The van der Waals surface area contributed by atoms with Crippen LogP contribution in [0.25, 0.3) is 0 Å². The fourth-order valence-electron chi connectivity index (χ4n) is 3.20. The molecule has 1 heterocycles. The number of rotatable bonds is 4. The molecule has 5 heteroatoms. The molecule has 1 aromatic rings. The number of ether oxygens (including phenoxy) is 2. The van der Waals surface area contributed by atoms with Crippen LogP contribution >= 0.6 is 0 Å². The first-order valence-electron chi connectivity index (χ1n) is 8.49. The van der Waals surface area contributed by atoms with Gasteiger partial charge in [-0.25, -0.2) is 4.79 Å². The number of carbonyl (C=O) groups is 1. The maximum absolute atomic E-state index is 12.1. The third-order valence-corrected chi connectivity index (χ3v) is 4.79. The van der Waals surface area contributed by atoms with Gasteiger partial charge in [0, 0.05) is 18.0 Å². The predicted octanol–water partition coefficient (Wildman–Crippen LogP) is 3.32. The zero-order valence-electron chi connectivity index (χ0n) is 14.0. The SMILES string of the molecule is CC(C)(CNC(=O)NC1CCCCC1)c1ccc2c(c1)OCO2. The number of fused-ring (bicyclic) bond motifs is 1. The lowest BCUT2D eigenvalue weighted by Gasteiger charge is -2.27. The largest absolute Gasteiger partial charge is 0.454 e. The van der Waals surface area contributed by atoms with Crippen molar-refractivity contribution in [3.8, 4) is 11.5 Å². The molecule has 0 unspecified atom stereocenters. The predicted molar refractivity (Wildman–Crippen MR) is 89.0 cm³/mol. The van der Waals surface area contributed by atoms with Crippen LogP contribution in [0.4, 0.5) is 4.79 Å². The van der Waals surface area contributed by atoms with Gasteiger partial charge in [-0.05, 0) is 30.5 Å². The van der Waals surface area contributed by atoms with Crippen LogP contribution < -0.4 is 20.1 Å². The number of carbonyl (C=O) groups excluding carboxylic acids is 1. The van der Waals surface area contributed by atoms with Gasteiger partial charge in [0.2, 0.25) is 6.79 Å². The minimum absolute atomic E-state index is 0.0641. The average molecular weight is 318 g/mol. The monoisotopic (exact) mass is 318 g/mol. The third kappa shape index (κ3) is 3.89. The molecule has 0 atom stereocenters. The van der Waals surface area contributed by atoms with E-state index < -0.39 is 0 Å². The van der Waals surface area contributed by atoms with Crippen molar-refractivity contribution < 1.29 is 14.3 Å². The standard InChI is InChI=1S/C18H26N2O3/c1-18(2,13-8-9-15-16(10-13)23-12-22-15)11-19-17(21)20-14-6-4-3-5-7-14/h8-10,14H,3-7,11-12H2,1-2H3,(H2,19,20,21). The van der Waals surface area contributed by atoms with Gasteiger partial charge in [0.15, 0.2) is 11.5 Å². The van der Waals surface area contributed by atoms with E-state index >= 15 is 0 Å². The van der Waals surface area contributed by atoms with Crippen molar-refractivity contribution in [2.24, 2.45) is 0 Å². The second-order valence-corrected chi connectivity index (χ2v) is 7.11. The minimum atomic E-state index is -0.176. The highest BCUT2D eigenvalue weighted by Gasteiger charge is 2.25. The number of hydrogen-bond acceptors (Lipinski definition) is 3. The summed E-state index contributed by atoms with van der Waals surface area (Å²) in [5, 5.41) is 6.10. The van der Waals surface area contributed by atoms with Gasteiger partial charge in [0.25, 0.3) is 0 Å². The van der Waals surface area contributed by atoms with E-state index in [4.69, 9.17) is 9.47 Å². The second kappa shape index (κ2) is 6.69. The average Bonchev–Trinajstić information content (AvgIpc) is 3.02. The highest BCUT2D eigenvalue weighted by Crippen LogP contribution is 2.36. The number of nitrogens with one attached hydrogen (secondary N) is 2. The summed E-state index contributed by atoms with van der Waals surface area (Å²) in [6, 6.07) is 6.24. The third-order valence-electron chi connectivity index (χ3n) is 4.79. The van der Waals surface area contributed by atoms with Crippen molar-refractivity contribution in [3.63, 3.8) is 0 Å². The smallest absolute Gasteiger partial charge is 0.315 e. The van der Waals surface area contributed by atoms with Gasteiger partial charge in [-0.1, -0.05) is 39.2 Å². The van der Waals surface area contributed by atoms with Crippen LogP contribution in [-0.4, -0.2) is 25.4 Å². The van der Waals surface area contributed by atoms with Gasteiger partial charge in [0.05, 0.1) is 0 Å². The molecule has 1 aromatic carbocycles. The van der Waals surface area contributed by atoms with Crippen molar-refractivity contribution in [3.05, 3.63) is 23.8 Å². The van der Waals surface area contributed by atoms with E-state index in [2.05, 4.69) is 24.5 Å². The van der Waals surface area contributed by atoms with Crippen LogP contribution in [0.3, 0.4) is 0 Å². The summed E-state index contributed by atoms with van der Waals surface area (Å²) < 4.78 is 10.8. The van der Waals surface area contributed by atoms with Crippen LogP contribution in [0.1, 0.15) is 51.5 Å². The summed E-state index contributed by atoms with van der Waals surface area (Å²) in [6.07, 6.45) is 5.91. The van der Waals surface area contributed by atoms with Crippen molar-refractivity contribution >= 4 is 6.03 Å². The molecule has 0 aromatic heterocycles. The Morgan fingerprint density at radius 1 is 1.17 bits per heavy atom. The molecular weight excluding hydrogens is 292 g/mol. The van der Waals surface area contributed by atoms with Crippen molar-refractivity contribution in [2.75, 3.05) is 13.3 Å². The summed E-state index contributed by atoms with van der Waals surface area (Å²) >= 11 is 0. The van der Waals surface area contributed by atoms with Crippen LogP contribution in [0.5, 0.6) is 11.5 Å². The fourth-order valence-corrected chi connectivity index (χ4v) is 3.20. The van der Waals surface area contributed by atoms with E-state index in [0.29, 0.717) is 12.6 Å². The summed E-state index contributed by atoms with van der Waals surface area (Å²) in [7, 11) is 0. The molecule has 0 spiro atoms. The van der Waals surface area contributed by atoms with E-state index in [-0.39, 0.29) is 18.2 Å². The molecule has 1 fully saturated rings. The highest BCUT2D eigenvalue weighted by atomic mass is 16.7. The molecular formula is C18H26N2O3. The Labute approximate surface area is 137 Å². The zero-order valence-corrected chi connectivity index (χ0v) is 14.0. The normalized spacial score (nSPS) is 17.8. The Bertz CT molecular complexity index is 565. The summed E-state index contributed by atoms with van der Waals surface area (Å²) in [5.41, 5.74) is 0.949. The van der Waals surface area contributed by atoms with Crippen LogP contribution in [0.2, 0.25) is 0 Å². The first-order chi connectivity index (χ1) is 11.0. The maximum atomic E-state index is 12.1. The van der Waals surface area contributed by atoms with E-state index in [9.17, 15) is 4.79 Å². The Morgan fingerprint density at radius 3 is 2.70 bits per heavy atom. The Balaban J connectivity index is 1.54. The number of amides is 2. The molecule has 126 valence electrons. The number of urea groups is 1. The molecule has 1 aliphatic heterocycles. The van der Waals surface area contributed by atoms with Gasteiger partial charge < -0.3 is 20.1 Å². The molecule has 2 amide bonds. The first kappa shape index (κ1) is 16.0. The highest BCUT2D eigenvalue weighted by molar-refractivity contribution is 5.74. The zero-order chi connectivity index (χ0) is 16.3. The van der Waals surface area contributed by atoms with Crippen LogP contribution in [0.15, 0.2) is 18.2 Å². The number of benzene rings is 1. The molecule has 0 radical (unpaired) electrons. The number of hydrogen-bond donors (Lipinski definition) is 2.